The third-order valence-corrected chi connectivity index (χ3v) is 6.55. The highest BCUT2D eigenvalue weighted by molar-refractivity contribution is 7.91. The van der Waals surface area contributed by atoms with Gasteiger partial charge in [0, 0.05) is 51.2 Å². The Hall–Kier alpha value is -1.64. The Bertz CT molecular complexity index is 825. The number of sulfone groups is 1. The molecule has 0 N–H and O–H groups in total. The van der Waals surface area contributed by atoms with Crippen molar-refractivity contribution in [1.29, 1.82) is 0 Å². The summed E-state index contributed by atoms with van der Waals surface area (Å²) in [6.07, 6.45) is 3.80. The van der Waals surface area contributed by atoms with Crippen LogP contribution in [0.3, 0.4) is 0 Å². The topological polar surface area (TPSA) is 69.4 Å². The molecule has 0 saturated carbocycles. The Balaban J connectivity index is 1.87. The van der Waals surface area contributed by atoms with Crippen LogP contribution in [-0.4, -0.2) is 53.5 Å². The molecule has 0 bridgehead atoms. The lowest BCUT2D eigenvalue weighted by atomic mass is 10.1. The van der Waals surface area contributed by atoms with E-state index in [1.54, 1.807) is 24.8 Å². The summed E-state index contributed by atoms with van der Waals surface area (Å²) in [5.41, 5.74) is 2.20. The van der Waals surface area contributed by atoms with E-state index in [0.29, 0.717) is 19.7 Å². The minimum atomic E-state index is -3.36. The first-order valence-corrected chi connectivity index (χ1v) is 10.3. The molecule has 1 unspecified atom stereocenters. The number of ether oxygens (including phenoxy) is 1. The van der Waals surface area contributed by atoms with Crippen molar-refractivity contribution in [2.45, 2.75) is 44.7 Å². The standard InChI is InChI=1S/C17H26N4O3S/c1-4-25(22,23)17-18-12-15(21(17)10-11-24-3)13-20-9-8-19-7-5-6-16(19)14(20)2/h5-7,12,14H,4,8-11,13H2,1-3H3. The van der Waals surface area contributed by atoms with Gasteiger partial charge in [0.05, 0.1) is 24.3 Å². The van der Waals surface area contributed by atoms with E-state index in [1.807, 2.05) is 0 Å². The molecule has 1 aliphatic rings. The second kappa shape index (κ2) is 7.31. The van der Waals surface area contributed by atoms with Gasteiger partial charge in [-0.25, -0.2) is 13.4 Å². The molecule has 0 radical (unpaired) electrons. The van der Waals surface area contributed by atoms with Crippen molar-refractivity contribution < 1.29 is 13.2 Å². The zero-order valence-corrected chi connectivity index (χ0v) is 15.9. The monoisotopic (exact) mass is 366 g/mol. The Kier molecular flexibility index (Phi) is 5.31. The van der Waals surface area contributed by atoms with E-state index in [0.717, 1.165) is 18.8 Å². The van der Waals surface area contributed by atoms with Gasteiger partial charge in [0.2, 0.25) is 15.0 Å². The molecule has 138 valence electrons. The van der Waals surface area contributed by atoms with E-state index in [-0.39, 0.29) is 17.0 Å². The molecule has 0 aliphatic carbocycles. The van der Waals surface area contributed by atoms with Crippen molar-refractivity contribution >= 4 is 9.84 Å². The van der Waals surface area contributed by atoms with Gasteiger partial charge in [0.15, 0.2) is 0 Å². The molecule has 0 fully saturated rings. The maximum Gasteiger partial charge on any atom is 0.227 e. The Morgan fingerprint density at radius 3 is 2.88 bits per heavy atom. The minimum Gasteiger partial charge on any atom is -0.383 e. The molecule has 3 rings (SSSR count). The van der Waals surface area contributed by atoms with Crippen molar-refractivity contribution in [2.75, 3.05) is 26.0 Å². The highest BCUT2D eigenvalue weighted by atomic mass is 32.2. The van der Waals surface area contributed by atoms with E-state index in [9.17, 15) is 8.42 Å². The van der Waals surface area contributed by atoms with E-state index in [4.69, 9.17) is 4.74 Å². The summed E-state index contributed by atoms with van der Waals surface area (Å²) in [4.78, 5) is 6.58. The zero-order chi connectivity index (χ0) is 18.0. The van der Waals surface area contributed by atoms with Crippen LogP contribution in [0, 0.1) is 0 Å². The fourth-order valence-electron chi connectivity index (χ4n) is 3.37. The number of aromatic nitrogens is 3. The number of hydrogen-bond acceptors (Lipinski definition) is 5. The molecule has 0 amide bonds. The fraction of sp³-hybridized carbons (Fsp3) is 0.588. The number of nitrogens with zero attached hydrogens (tertiary/aromatic N) is 4. The molecule has 0 saturated heterocycles. The number of fused-ring (bicyclic) bond motifs is 1. The summed E-state index contributed by atoms with van der Waals surface area (Å²) < 4.78 is 33.9. The second-order valence-corrected chi connectivity index (χ2v) is 8.52. The van der Waals surface area contributed by atoms with E-state index >= 15 is 0 Å². The fourth-order valence-corrected chi connectivity index (χ4v) is 4.38. The smallest absolute Gasteiger partial charge is 0.227 e. The van der Waals surface area contributed by atoms with Gasteiger partial charge >= 0.3 is 0 Å². The van der Waals surface area contributed by atoms with E-state index in [2.05, 4.69) is 39.7 Å². The molecule has 2 aromatic rings. The van der Waals surface area contributed by atoms with Gasteiger partial charge in [-0.15, -0.1) is 0 Å². The molecule has 1 aliphatic heterocycles. The Morgan fingerprint density at radius 2 is 2.16 bits per heavy atom. The highest BCUT2D eigenvalue weighted by Gasteiger charge is 2.27. The first kappa shape index (κ1) is 18.2. The van der Waals surface area contributed by atoms with Gasteiger partial charge in [0.1, 0.15) is 0 Å². The first-order valence-electron chi connectivity index (χ1n) is 8.63. The summed E-state index contributed by atoms with van der Waals surface area (Å²) in [5, 5.41) is 0.148. The van der Waals surface area contributed by atoms with Crippen molar-refractivity contribution in [3.8, 4) is 0 Å². The summed E-state index contributed by atoms with van der Waals surface area (Å²) in [6.45, 7) is 7.30. The van der Waals surface area contributed by atoms with Crippen LogP contribution < -0.4 is 0 Å². The van der Waals surface area contributed by atoms with E-state index < -0.39 is 9.84 Å². The van der Waals surface area contributed by atoms with Crippen LogP contribution in [0.1, 0.15) is 31.3 Å². The summed E-state index contributed by atoms with van der Waals surface area (Å²) >= 11 is 0. The highest BCUT2D eigenvalue weighted by Crippen LogP contribution is 2.27. The molecule has 1 atom stereocenters. The number of methoxy groups -OCH3 is 1. The second-order valence-electron chi connectivity index (χ2n) is 6.35. The summed E-state index contributed by atoms with van der Waals surface area (Å²) in [5.74, 6) is 0.0457. The molecule has 0 aromatic carbocycles. The van der Waals surface area contributed by atoms with Crippen LogP contribution in [-0.2, 0) is 34.2 Å². The van der Waals surface area contributed by atoms with Crippen LogP contribution in [0.4, 0.5) is 0 Å². The van der Waals surface area contributed by atoms with Crippen molar-refractivity contribution in [3.63, 3.8) is 0 Å². The van der Waals surface area contributed by atoms with Crippen molar-refractivity contribution in [3.05, 3.63) is 35.9 Å². The van der Waals surface area contributed by atoms with Gasteiger partial charge < -0.3 is 13.9 Å². The third kappa shape index (κ3) is 3.51. The zero-order valence-electron chi connectivity index (χ0n) is 15.1. The van der Waals surface area contributed by atoms with Crippen LogP contribution >= 0.6 is 0 Å². The SMILES string of the molecule is CCS(=O)(=O)c1ncc(CN2CCn3cccc3C2C)n1CCOC. The predicted octanol–water partition coefficient (Wildman–Crippen LogP) is 1.70. The Labute approximate surface area is 149 Å². The minimum absolute atomic E-state index is 0.0457. The maximum atomic E-state index is 12.3. The molecule has 3 heterocycles. The maximum absolute atomic E-state index is 12.3. The number of hydrogen-bond donors (Lipinski definition) is 0. The number of rotatable bonds is 7. The predicted molar refractivity (Wildman–Crippen MR) is 95.1 cm³/mol. The summed E-state index contributed by atoms with van der Waals surface area (Å²) in [6, 6.07) is 4.50. The van der Waals surface area contributed by atoms with E-state index in [1.165, 1.54) is 5.69 Å². The van der Waals surface area contributed by atoms with Crippen LogP contribution in [0.5, 0.6) is 0 Å². The lowest BCUT2D eigenvalue weighted by Crippen LogP contribution is -2.36. The molecular formula is C17H26N4O3S. The first-order chi connectivity index (χ1) is 12.0. The molecule has 2 aromatic heterocycles. The Morgan fingerprint density at radius 1 is 1.36 bits per heavy atom. The van der Waals surface area contributed by atoms with Crippen LogP contribution in [0.15, 0.2) is 29.7 Å². The van der Waals surface area contributed by atoms with Gasteiger partial charge in [-0.05, 0) is 19.1 Å². The van der Waals surface area contributed by atoms with Crippen LogP contribution in [0.2, 0.25) is 0 Å². The van der Waals surface area contributed by atoms with Gasteiger partial charge in [0.25, 0.3) is 0 Å². The largest absolute Gasteiger partial charge is 0.383 e. The number of imidazole rings is 1. The quantitative estimate of drug-likeness (QED) is 0.746. The van der Waals surface area contributed by atoms with Gasteiger partial charge in [-0.3, -0.25) is 4.90 Å². The normalized spacial score (nSPS) is 18.4. The average Bonchev–Trinajstić information content (AvgIpc) is 3.23. The van der Waals surface area contributed by atoms with Gasteiger partial charge in [-0.1, -0.05) is 6.92 Å². The lowest BCUT2D eigenvalue weighted by Gasteiger charge is -2.35. The van der Waals surface area contributed by atoms with Gasteiger partial charge in [-0.2, -0.15) is 0 Å². The van der Waals surface area contributed by atoms with Crippen molar-refractivity contribution in [1.82, 2.24) is 19.0 Å². The lowest BCUT2D eigenvalue weighted by molar-refractivity contribution is 0.151. The molecule has 7 nitrogen and oxygen atoms in total. The van der Waals surface area contributed by atoms with Crippen LogP contribution in [0.25, 0.3) is 0 Å². The van der Waals surface area contributed by atoms with Crippen molar-refractivity contribution in [2.24, 2.45) is 0 Å². The molecule has 25 heavy (non-hydrogen) atoms. The average molecular weight is 366 g/mol. The molecule has 0 spiro atoms. The third-order valence-electron chi connectivity index (χ3n) is 4.91. The molecule has 8 heteroatoms. The molecular weight excluding hydrogens is 340 g/mol. The summed E-state index contributed by atoms with van der Waals surface area (Å²) in [7, 11) is -1.74.